The van der Waals surface area contributed by atoms with Gasteiger partial charge in [0.05, 0.1) is 31.5 Å². The number of ketones is 1. The standard InChI is InChI=1S/C25H23NO5/c1-3-16-6-8-17(9-7-16)22-21(23(27)18-10-12-19(30-2)13-11-18)24(28)25(29)26(22)15-20-5-4-14-31-20/h4-14,22,27H,3,15H2,1-2H3/t22-/m0/s1. The molecule has 2 heterocycles. The predicted molar refractivity (Wildman–Crippen MR) is 115 cm³/mol. The van der Waals surface area contributed by atoms with Crippen LogP contribution in [0.1, 0.15) is 35.4 Å². The molecule has 0 bridgehead atoms. The van der Waals surface area contributed by atoms with Crippen LogP contribution in [-0.2, 0) is 22.6 Å². The van der Waals surface area contributed by atoms with Gasteiger partial charge < -0.3 is 19.2 Å². The number of benzene rings is 2. The molecule has 1 saturated heterocycles. The normalized spacial score (nSPS) is 17.9. The lowest BCUT2D eigenvalue weighted by Gasteiger charge is -2.24. The fourth-order valence-electron chi connectivity index (χ4n) is 3.80. The van der Waals surface area contributed by atoms with Crippen molar-refractivity contribution in [3.05, 3.63) is 95.0 Å². The molecule has 4 rings (SSSR count). The highest BCUT2D eigenvalue weighted by Crippen LogP contribution is 2.40. The molecule has 3 aromatic rings. The van der Waals surface area contributed by atoms with Crippen molar-refractivity contribution in [2.75, 3.05) is 7.11 Å². The van der Waals surface area contributed by atoms with Gasteiger partial charge in [0.15, 0.2) is 0 Å². The summed E-state index contributed by atoms with van der Waals surface area (Å²) in [5.74, 6) is -0.420. The van der Waals surface area contributed by atoms with Crippen LogP contribution < -0.4 is 4.74 Å². The van der Waals surface area contributed by atoms with Gasteiger partial charge >= 0.3 is 0 Å². The van der Waals surface area contributed by atoms with Crippen molar-refractivity contribution in [3.8, 4) is 5.75 Å². The number of furan rings is 1. The molecule has 0 spiro atoms. The van der Waals surface area contributed by atoms with Crippen LogP contribution >= 0.6 is 0 Å². The van der Waals surface area contributed by atoms with E-state index in [9.17, 15) is 14.7 Å². The molecule has 1 atom stereocenters. The van der Waals surface area contributed by atoms with E-state index in [1.54, 1.807) is 43.5 Å². The van der Waals surface area contributed by atoms with Crippen molar-refractivity contribution in [2.24, 2.45) is 0 Å². The first kappa shape index (κ1) is 20.5. The number of hydrogen-bond acceptors (Lipinski definition) is 5. The van der Waals surface area contributed by atoms with Crippen molar-refractivity contribution >= 4 is 17.4 Å². The van der Waals surface area contributed by atoms with Crippen LogP contribution in [-0.4, -0.2) is 28.8 Å². The van der Waals surface area contributed by atoms with E-state index in [4.69, 9.17) is 9.15 Å². The third kappa shape index (κ3) is 3.84. The smallest absolute Gasteiger partial charge is 0.296 e. The van der Waals surface area contributed by atoms with Gasteiger partial charge in [-0.1, -0.05) is 31.2 Å². The summed E-state index contributed by atoms with van der Waals surface area (Å²) in [6.45, 7) is 2.18. The summed E-state index contributed by atoms with van der Waals surface area (Å²) in [5.41, 5.74) is 2.39. The minimum atomic E-state index is -0.724. The SMILES string of the molecule is CCc1ccc([C@H]2C(=C(O)c3ccc(OC)cc3)C(=O)C(=O)N2Cc2ccco2)cc1. The van der Waals surface area contributed by atoms with Gasteiger partial charge in [-0.05, 0) is 53.9 Å². The van der Waals surface area contributed by atoms with Gasteiger partial charge in [-0.15, -0.1) is 0 Å². The van der Waals surface area contributed by atoms with Gasteiger partial charge in [-0.3, -0.25) is 9.59 Å². The summed E-state index contributed by atoms with van der Waals surface area (Å²) in [4.78, 5) is 27.4. The minimum Gasteiger partial charge on any atom is -0.507 e. The van der Waals surface area contributed by atoms with Crippen molar-refractivity contribution in [1.82, 2.24) is 4.90 Å². The molecule has 158 valence electrons. The van der Waals surface area contributed by atoms with Crippen LogP contribution in [0.2, 0.25) is 0 Å². The topological polar surface area (TPSA) is 80.0 Å². The van der Waals surface area contributed by atoms with Gasteiger partial charge in [-0.25, -0.2) is 0 Å². The van der Waals surface area contributed by atoms with E-state index in [1.807, 2.05) is 24.3 Å². The summed E-state index contributed by atoms with van der Waals surface area (Å²) >= 11 is 0. The third-order valence-electron chi connectivity index (χ3n) is 5.51. The van der Waals surface area contributed by atoms with Gasteiger partial charge in [-0.2, -0.15) is 0 Å². The lowest BCUT2D eigenvalue weighted by atomic mass is 9.94. The largest absolute Gasteiger partial charge is 0.507 e. The Kier molecular flexibility index (Phi) is 5.62. The molecule has 1 fully saturated rings. The summed E-state index contributed by atoms with van der Waals surface area (Å²) in [6.07, 6.45) is 2.40. The fourth-order valence-corrected chi connectivity index (χ4v) is 3.80. The van der Waals surface area contributed by atoms with E-state index in [1.165, 1.54) is 11.2 Å². The maximum atomic E-state index is 13.0. The number of aliphatic hydroxyl groups excluding tert-OH is 1. The molecule has 0 aliphatic carbocycles. The van der Waals surface area contributed by atoms with E-state index >= 15 is 0 Å². The Morgan fingerprint density at radius 2 is 1.77 bits per heavy atom. The highest BCUT2D eigenvalue weighted by Gasteiger charge is 2.46. The molecule has 6 nitrogen and oxygen atoms in total. The van der Waals surface area contributed by atoms with E-state index in [0.717, 1.165) is 17.5 Å². The molecule has 0 radical (unpaired) electrons. The van der Waals surface area contributed by atoms with E-state index < -0.39 is 17.7 Å². The first-order chi connectivity index (χ1) is 15.0. The number of methoxy groups -OCH3 is 1. The first-order valence-electron chi connectivity index (χ1n) is 10.1. The lowest BCUT2D eigenvalue weighted by Crippen LogP contribution is -2.29. The summed E-state index contributed by atoms with van der Waals surface area (Å²) < 4.78 is 10.6. The molecule has 1 aromatic heterocycles. The second-order valence-corrected chi connectivity index (χ2v) is 7.33. The molecule has 0 unspecified atom stereocenters. The van der Waals surface area contributed by atoms with E-state index in [2.05, 4.69) is 6.92 Å². The Bertz CT molecular complexity index is 1110. The zero-order valence-corrected chi connectivity index (χ0v) is 17.4. The van der Waals surface area contributed by atoms with Gasteiger partial charge in [0.2, 0.25) is 0 Å². The fraction of sp³-hybridized carbons (Fsp3) is 0.200. The molecule has 31 heavy (non-hydrogen) atoms. The number of amides is 1. The zero-order valence-electron chi connectivity index (χ0n) is 17.4. The van der Waals surface area contributed by atoms with Gasteiger partial charge in [0, 0.05) is 5.56 Å². The Balaban J connectivity index is 1.83. The molecule has 0 saturated carbocycles. The Morgan fingerprint density at radius 1 is 1.06 bits per heavy atom. The monoisotopic (exact) mass is 417 g/mol. The first-order valence-corrected chi connectivity index (χ1v) is 10.1. The van der Waals surface area contributed by atoms with Crippen molar-refractivity contribution < 1.29 is 23.8 Å². The molecular weight excluding hydrogens is 394 g/mol. The van der Waals surface area contributed by atoms with E-state index in [0.29, 0.717) is 17.1 Å². The second-order valence-electron chi connectivity index (χ2n) is 7.33. The number of carbonyl (C=O) groups is 2. The average Bonchev–Trinajstić information content (AvgIpc) is 3.41. The molecule has 2 aromatic carbocycles. The van der Waals surface area contributed by atoms with Crippen LogP contribution in [0.15, 0.2) is 76.9 Å². The number of aliphatic hydroxyl groups is 1. The number of aryl methyl sites for hydroxylation is 1. The van der Waals surface area contributed by atoms with Crippen molar-refractivity contribution in [1.29, 1.82) is 0 Å². The summed E-state index contributed by atoms with van der Waals surface area (Å²) in [7, 11) is 1.55. The number of nitrogens with zero attached hydrogens (tertiary/aromatic N) is 1. The minimum absolute atomic E-state index is 0.0611. The maximum absolute atomic E-state index is 13.0. The van der Waals surface area contributed by atoms with Crippen LogP contribution in [0.5, 0.6) is 5.75 Å². The lowest BCUT2D eigenvalue weighted by molar-refractivity contribution is -0.140. The number of rotatable bonds is 6. The van der Waals surface area contributed by atoms with E-state index in [-0.39, 0.29) is 17.9 Å². The number of Topliss-reactive ketones (excluding diaryl/α,β-unsaturated/α-hetero) is 1. The highest BCUT2D eigenvalue weighted by molar-refractivity contribution is 6.46. The quantitative estimate of drug-likeness (QED) is 0.364. The number of carbonyl (C=O) groups excluding carboxylic acids is 2. The Labute approximate surface area is 180 Å². The molecule has 1 aliphatic heterocycles. The second kappa shape index (κ2) is 8.52. The van der Waals surface area contributed by atoms with Gasteiger partial charge in [0.25, 0.3) is 11.7 Å². The Hall–Kier alpha value is -3.80. The van der Waals surface area contributed by atoms with Crippen LogP contribution in [0.3, 0.4) is 0 Å². The zero-order chi connectivity index (χ0) is 22.0. The third-order valence-corrected chi connectivity index (χ3v) is 5.51. The van der Waals surface area contributed by atoms with Crippen LogP contribution in [0.4, 0.5) is 0 Å². The molecular formula is C25H23NO5. The summed E-state index contributed by atoms with van der Waals surface area (Å²) in [5, 5.41) is 11.1. The van der Waals surface area contributed by atoms with Crippen molar-refractivity contribution in [2.45, 2.75) is 25.9 Å². The number of likely N-dealkylation sites (tertiary alicyclic amines) is 1. The number of ether oxygens (including phenoxy) is 1. The number of hydrogen-bond donors (Lipinski definition) is 1. The molecule has 1 aliphatic rings. The highest BCUT2D eigenvalue weighted by atomic mass is 16.5. The molecule has 6 heteroatoms. The van der Waals surface area contributed by atoms with Crippen LogP contribution in [0.25, 0.3) is 5.76 Å². The van der Waals surface area contributed by atoms with Gasteiger partial charge in [0.1, 0.15) is 17.3 Å². The van der Waals surface area contributed by atoms with Crippen molar-refractivity contribution in [3.63, 3.8) is 0 Å². The molecule has 1 N–H and O–H groups in total. The molecule has 1 amide bonds. The maximum Gasteiger partial charge on any atom is 0.296 e. The summed E-state index contributed by atoms with van der Waals surface area (Å²) in [6, 6.07) is 17.2. The average molecular weight is 417 g/mol. The predicted octanol–water partition coefficient (Wildman–Crippen LogP) is 4.47. The Morgan fingerprint density at radius 3 is 2.35 bits per heavy atom. The van der Waals surface area contributed by atoms with Crippen LogP contribution in [0, 0.1) is 0 Å².